The van der Waals surface area contributed by atoms with Crippen LogP contribution in [0.25, 0.3) is 0 Å². The first-order chi connectivity index (χ1) is 1.41. The molecule has 0 aliphatic carbocycles. The summed E-state index contributed by atoms with van der Waals surface area (Å²) in [6, 6.07) is 0. The van der Waals surface area contributed by atoms with Crippen molar-refractivity contribution in [3.05, 3.63) is 6.42 Å². The van der Waals surface area contributed by atoms with Crippen molar-refractivity contribution in [3.8, 4) is 0 Å². The molecule has 0 rings (SSSR count). The summed E-state index contributed by atoms with van der Waals surface area (Å²) in [5.41, 5.74) is 0. The quantitative estimate of drug-likeness (QED) is 0.533. The molecule has 40 valence electrons. The molecule has 0 aromatic carbocycles. The van der Waals surface area contributed by atoms with E-state index >= 15 is 0 Å². The molecule has 0 saturated carbocycles. The Morgan fingerprint density at radius 1 is 1.00 bits per heavy atom. The van der Waals surface area contributed by atoms with Crippen LogP contribution in [0.5, 0.6) is 0 Å². The molecule has 0 radical (unpaired) electrons. The van der Waals surface area contributed by atoms with Crippen LogP contribution in [0.15, 0.2) is 0 Å². The predicted octanol–water partition coefficient (Wildman–Crippen LogP) is 2.07. The monoisotopic (exact) mass is 205 g/mol. The van der Waals surface area contributed by atoms with Gasteiger partial charge in [-0.2, -0.15) is 13.8 Å². The van der Waals surface area contributed by atoms with Gasteiger partial charge in [-0.15, -0.1) is 24.8 Å². The van der Waals surface area contributed by atoms with E-state index in [1.54, 1.807) is 0 Å². The van der Waals surface area contributed by atoms with Crippen LogP contribution in [0, 0.1) is 6.42 Å². The van der Waals surface area contributed by atoms with Gasteiger partial charge in [0.05, 0.1) is 0 Å². The van der Waals surface area contributed by atoms with Gasteiger partial charge in [-0.05, 0) is 0 Å². The zero-order valence-corrected chi connectivity index (χ0v) is 7.98. The first-order valence-corrected chi connectivity index (χ1v) is 1.15. The van der Waals surface area contributed by atoms with Gasteiger partial charge in [0.1, 0.15) is 0 Å². The molecule has 0 fully saturated rings. The van der Waals surface area contributed by atoms with E-state index in [4.69, 9.17) is 0 Å². The van der Waals surface area contributed by atoms with Gasteiger partial charge >= 0.3 is 0 Å². The van der Waals surface area contributed by atoms with Gasteiger partial charge in [0.15, 0.2) is 0 Å². The fourth-order valence-corrected chi connectivity index (χ4v) is 0. The normalized spacial score (nSPS) is 3.00. The molecule has 0 nitrogen and oxygen atoms in total. The van der Waals surface area contributed by atoms with E-state index in [0.717, 1.165) is 0 Å². The Bertz CT molecular complexity index is 8.75. The van der Waals surface area contributed by atoms with E-state index in [1.807, 2.05) is 20.3 Å². The van der Waals surface area contributed by atoms with E-state index in [-0.39, 0.29) is 51.0 Å². The van der Waals surface area contributed by atoms with E-state index < -0.39 is 0 Å². The minimum Gasteiger partial charge on any atom is -0.335 e. The number of hydrogen-bond acceptors (Lipinski definition) is 0. The van der Waals surface area contributed by atoms with Gasteiger partial charge in [-0.25, -0.2) is 0 Å². The van der Waals surface area contributed by atoms with Crippen LogP contribution >= 0.6 is 24.8 Å². The molecule has 0 aromatic rings. The maximum absolute atomic E-state index is 2.00. The summed E-state index contributed by atoms with van der Waals surface area (Å²) in [6.07, 6.45) is 2.00. The maximum atomic E-state index is 2.00. The molecular weight excluding hydrogens is 198 g/mol. The maximum Gasteiger partial charge on any atom is 0 e. The van der Waals surface area contributed by atoms with Gasteiger partial charge in [0.25, 0.3) is 0 Å². The molecule has 0 saturated heterocycles. The summed E-state index contributed by atoms with van der Waals surface area (Å²) in [6.45, 7) is 4.00. The summed E-state index contributed by atoms with van der Waals surface area (Å²) >= 11 is 0. The third-order valence-corrected chi connectivity index (χ3v) is 0. The molecular formula is C3H9Cl2Zr-. The van der Waals surface area contributed by atoms with Crippen molar-refractivity contribution in [1.82, 2.24) is 0 Å². The van der Waals surface area contributed by atoms with Crippen molar-refractivity contribution in [2.75, 3.05) is 0 Å². The van der Waals surface area contributed by atoms with Crippen LogP contribution in [0.1, 0.15) is 13.8 Å². The summed E-state index contributed by atoms with van der Waals surface area (Å²) < 4.78 is 0. The number of hydrogen-bond donors (Lipinski definition) is 0. The molecule has 0 aliphatic heterocycles. The molecule has 3 heteroatoms. The third-order valence-electron chi connectivity index (χ3n) is 0. The molecule has 0 spiro atoms. The summed E-state index contributed by atoms with van der Waals surface area (Å²) in [4.78, 5) is 0. The molecule has 0 aliphatic rings. The van der Waals surface area contributed by atoms with Crippen LogP contribution in [-0.2, 0) is 26.2 Å². The van der Waals surface area contributed by atoms with Crippen molar-refractivity contribution in [1.29, 1.82) is 0 Å². The fraction of sp³-hybridized carbons (Fsp3) is 0.667. The standard InChI is InChI=1S/C3H7.2ClH.Zr/c1-3-2;;;/h3H,1-2H3;2*1H;/q-1;;;. The second-order valence-electron chi connectivity index (χ2n) is 0.577. The van der Waals surface area contributed by atoms with Gasteiger partial charge in [-0.3, -0.25) is 0 Å². The van der Waals surface area contributed by atoms with Gasteiger partial charge in [-0.1, -0.05) is 0 Å². The van der Waals surface area contributed by atoms with Gasteiger partial charge in [0.2, 0.25) is 0 Å². The summed E-state index contributed by atoms with van der Waals surface area (Å²) in [7, 11) is 0. The Kier molecular flexibility index (Phi) is 138. The second-order valence-corrected chi connectivity index (χ2v) is 0.577. The van der Waals surface area contributed by atoms with Crippen LogP contribution in [-0.4, -0.2) is 0 Å². The van der Waals surface area contributed by atoms with Crippen LogP contribution < -0.4 is 0 Å². The van der Waals surface area contributed by atoms with Crippen LogP contribution in [0.2, 0.25) is 0 Å². The smallest absolute Gasteiger partial charge is 0 e. The summed E-state index contributed by atoms with van der Waals surface area (Å²) in [5.74, 6) is 0. The largest absolute Gasteiger partial charge is 0.335 e. The zero-order valence-electron chi connectivity index (χ0n) is 3.89. The van der Waals surface area contributed by atoms with Gasteiger partial charge < -0.3 is 6.42 Å². The van der Waals surface area contributed by atoms with Crippen LogP contribution in [0.4, 0.5) is 0 Å². The second kappa shape index (κ2) is 31.8. The molecule has 0 N–H and O–H groups in total. The Morgan fingerprint density at radius 2 is 1.00 bits per heavy atom. The van der Waals surface area contributed by atoms with E-state index in [1.165, 1.54) is 0 Å². The van der Waals surface area contributed by atoms with Crippen molar-refractivity contribution in [3.63, 3.8) is 0 Å². The van der Waals surface area contributed by atoms with Crippen LogP contribution in [0.3, 0.4) is 0 Å². The topological polar surface area (TPSA) is 0 Å². The molecule has 0 bridgehead atoms. The predicted molar refractivity (Wildman–Crippen MR) is 30.1 cm³/mol. The van der Waals surface area contributed by atoms with Crippen molar-refractivity contribution >= 4 is 24.8 Å². The number of halogens is 2. The van der Waals surface area contributed by atoms with Crippen molar-refractivity contribution < 1.29 is 26.2 Å². The zero-order chi connectivity index (χ0) is 2.71. The van der Waals surface area contributed by atoms with Gasteiger partial charge in [0, 0.05) is 26.2 Å². The molecule has 0 heterocycles. The fourth-order valence-electron chi connectivity index (χ4n) is 0. The minimum absolute atomic E-state index is 0. The Morgan fingerprint density at radius 3 is 1.00 bits per heavy atom. The minimum atomic E-state index is 0. The Labute approximate surface area is 71.0 Å². The molecule has 0 amide bonds. The van der Waals surface area contributed by atoms with E-state index in [9.17, 15) is 0 Å². The first kappa shape index (κ1) is 26.0. The first-order valence-electron chi connectivity index (χ1n) is 1.15. The van der Waals surface area contributed by atoms with E-state index in [2.05, 4.69) is 0 Å². The third kappa shape index (κ3) is 50.8. The van der Waals surface area contributed by atoms with Crippen molar-refractivity contribution in [2.24, 2.45) is 0 Å². The summed E-state index contributed by atoms with van der Waals surface area (Å²) in [5, 5.41) is 0. The molecule has 6 heavy (non-hydrogen) atoms. The Hall–Kier alpha value is 1.46. The number of rotatable bonds is 0. The molecule has 0 aromatic heterocycles. The average molecular weight is 207 g/mol. The van der Waals surface area contributed by atoms with Crippen molar-refractivity contribution in [2.45, 2.75) is 13.8 Å². The Balaban J connectivity index is -0.00000000667. The SMILES string of the molecule is C[CH-]C.Cl.Cl.[Zr]. The molecule has 0 atom stereocenters. The average Bonchev–Trinajstić information content (AvgIpc) is 0.918. The van der Waals surface area contributed by atoms with E-state index in [0.29, 0.717) is 0 Å². The molecule has 0 unspecified atom stereocenters.